The Balaban J connectivity index is 2.64. The molecule has 0 bridgehead atoms. The molecular weight excluding hydrogens is 318 g/mol. The van der Waals surface area contributed by atoms with Crippen molar-refractivity contribution in [1.29, 1.82) is 0 Å². The van der Waals surface area contributed by atoms with Crippen LogP contribution in [0.1, 0.15) is 32.1 Å². The largest absolute Gasteiger partial charge is 0.481 e. The van der Waals surface area contributed by atoms with E-state index in [4.69, 9.17) is 5.11 Å². The highest BCUT2D eigenvalue weighted by molar-refractivity contribution is 7.81. The van der Waals surface area contributed by atoms with Gasteiger partial charge in [0.1, 0.15) is 11.0 Å². The van der Waals surface area contributed by atoms with Crippen LogP contribution in [0.2, 0.25) is 0 Å². The van der Waals surface area contributed by atoms with Crippen molar-refractivity contribution in [2.24, 2.45) is 0 Å². The molecule has 1 aromatic rings. The summed E-state index contributed by atoms with van der Waals surface area (Å²) in [5.41, 5.74) is 0. The minimum atomic E-state index is -2.43. The topological polar surface area (TPSA) is 115 Å². The zero-order valence-corrected chi connectivity index (χ0v) is 12.8. The van der Waals surface area contributed by atoms with Gasteiger partial charge >= 0.3 is 11.9 Å². The van der Waals surface area contributed by atoms with E-state index >= 15 is 0 Å². The summed E-state index contributed by atoms with van der Waals surface area (Å²) in [7, 11) is 0. The van der Waals surface area contributed by atoms with Crippen molar-refractivity contribution in [2.75, 3.05) is 4.31 Å². The minimum Gasteiger partial charge on any atom is -0.481 e. The first kappa shape index (κ1) is 17.6. The van der Waals surface area contributed by atoms with Crippen LogP contribution < -0.4 is 4.31 Å². The third kappa shape index (κ3) is 5.82. The Morgan fingerprint density at radius 3 is 2.48 bits per heavy atom. The fraction of sp³-hybridized carbons (Fsp3) is 0.500. The molecule has 2 atom stereocenters. The Morgan fingerprint density at radius 2 is 2.00 bits per heavy atom. The van der Waals surface area contributed by atoms with E-state index in [0.717, 1.165) is 4.31 Å². The van der Waals surface area contributed by atoms with Crippen molar-refractivity contribution in [3.63, 3.8) is 0 Å². The van der Waals surface area contributed by atoms with Crippen LogP contribution in [0.4, 0.5) is 5.00 Å². The number of rotatable bonds is 10. The molecule has 1 aromatic heterocycles. The van der Waals surface area contributed by atoms with Gasteiger partial charge in [0.15, 0.2) is 0 Å². The van der Waals surface area contributed by atoms with E-state index < -0.39 is 29.2 Å². The summed E-state index contributed by atoms with van der Waals surface area (Å²) in [5.74, 6) is -2.06. The first-order chi connectivity index (χ1) is 9.93. The van der Waals surface area contributed by atoms with Crippen LogP contribution in [0, 0.1) is 0 Å². The van der Waals surface area contributed by atoms with Crippen LogP contribution >= 0.6 is 11.3 Å². The molecule has 0 saturated carbocycles. The third-order valence-corrected chi connectivity index (χ3v) is 4.60. The molecule has 0 spiro atoms. The molecule has 3 N–H and O–H groups in total. The average molecular weight is 335 g/mol. The lowest BCUT2D eigenvalue weighted by atomic mass is 10.1. The highest BCUT2D eigenvalue weighted by Crippen LogP contribution is 2.26. The predicted octanol–water partition coefficient (Wildman–Crippen LogP) is 2.18. The monoisotopic (exact) mass is 335 g/mol. The zero-order valence-electron chi connectivity index (χ0n) is 11.2. The predicted molar refractivity (Wildman–Crippen MR) is 79.7 cm³/mol. The molecule has 0 aliphatic rings. The minimum absolute atomic E-state index is 0.0400. The second-order valence-corrected chi connectivity index (χ2v) is 6.14. The van der Waals surface area contributed by atoms with E-state index in [1.807, 2.05) is 0 Å². The van der Waals surface area contributed by atoms with Gasteiger partial charge in [0.2, 0.25) is 0 Å². The highest BCUT2D eigenvalue weighted by Gasteiger charge is 2.30. The van der Waals surface area contributed by atoms with Crippen LogP contribution in [0.15, 0.2) is 17.5 Å². The van der Waals surface area contributed by atoms with Gasteiger partial charge in [-0.2, -0.15) is 0 Å². The second kappa shape index (κ2) is 8.75. The van der Waals surface area contributed by atoms with Crippen LogP contribution in [0.25, 0.3) is 0 Å². The summed E-state index contributed by atoms with van der Waals surface area (Å²) in [6.45, 7) is 0. The number of anilines is 1. The number of hydrogen-bond acceptors (Lipinski definition) is 4. The number of aliphatic carboxylic acids is 2. The highest BCUT2D eigenvalue weighted by atomic mass is 32.2. The van der Waals surface area contributed by atoms with Gasteiger partial charge in [-0.1, -0.05) is 12.8 Å². The SMILES string of the molecule is O=C(O)CCCCCC(C(=O)O)N(c1cccs1)S(=O)O. The number of carbonyl (C=O) groups is 2. The van der Waals surface area contributed by atoms with Crippen LogP contribution in [0.3, 0.4) is 0 Å². The summed E-state index contributed by atoms with van der Waals surface area (Å²) in [4.78, 5) is 21.7. The van der Waals surface area contributed by atoms with E-state index in [2.05, 4.69) is 0 Å². The van der Waals surface area contributed by atoms with Gasteiger partial charge in [0.05, 0.1) is 0 Å². The van der Waals surface area contributed by atoms with Crippen LogP contribution in [-0.2, 0) is 20.9 Å². The molecule has 0 aromatic carbocycles. The maximum absolute atomic E-state index is 11.4. The van der Waals surface area contributed by atoms with Crippen molar-refractivity contribution >= 4 is 39.5 Å². The number of thiophene rings is 1. The van der Waals surface area contributed by atoms with Crippen LogP contribution in [0.5, 0.6) is 0 Å². The van der Waals surface area contributed by atoms with Crippen LogP contribution in [-0.4, -0.2) is 37.0 Å². The molecule has 9 heteroatoms. The Bertz CT molecular complexity index is 490. The van der Waals surface area contributed by atoms with Gasteiger partial charge in [0, 0.05) is 6.42 Å². The summed E-state index contributed by atoms with van der Waals surface area (Å²) >= 11 is -1.24. The smallest absolute Gasteiger partial charge is 0.327 e. The van der Waals surface area contributed by atoms with Gasteiger partial charge in [-0.15, -0.1) is 11.3 Å². The molecule has 7 nitrogen and oxygen atoms in total. The summed E-state index contributed by atoms with van der Waals surface area (Å²) in [6, 6.07) is 2.14. The van der Waals surface area contributed by atoms with E-state index in [9.17, 15) is 23.5 Å². The van der Waals surface area contributed by atoms with Gasteiger partial charge < -0.3 is 10.2 Å². The zero-order chi connectivity index (χ0) is 15.8. The number of carboxylic acid groups (broad SMARTS) is 2. The van der Waals surface area contributed by atoms with Crippen molar-refractivity contribution in [1.82, 2.24) is 0 Å². The Labute approximate surface area is 128 Å². The quantitative estimate of drug-likeness (QED) is 0.446. The Hall–Kier alpha value is -1.45. The maximum Gasteiger partial charge on any atom is 0.327 e. The first-order valence-electron chi connectivity index (χ1n) is 6.31. The van der Waals surface area contributed by atoms with Gasteiger partial charge in [-0.25, -0.2) is 13.3 Å². The molecule has 0 aliphatic carbocycles. The maximum atomic E-state index is 11.4. The lowest BCUT2D eigenvalue weighted by molar-refractivity contribution is -0.139. The van der Waals surface area contributed by atoms with Crippen molar-refractivity contribution in [3.05, 3.63) is 17.5 Å². The third-order valence-electron chi connectivity index (χ3n) is 2.83. The lowest BCUT2D eigenvalue weighted by Gasteiger charge is -2.25. The fourth-order valence-electron chi connectivity index (χ4n) is 1.87. The molecule has 0 fully saturated rings. The van der Waals surface area contributed by atoms with E-state index in [-0.39, 0.29) is 12.8 Å². The average Bonchev–Trinajstić information content (AvgIpc) is 2.89. The number of nitrogens with zero attached hydrogens (tertiary/aromatic N) is 1. The molecule has 1 rings (SSSR count). The van der Waals surface area contributed by atoms with E-state index in [1.54, 1.807) is 17.5 Å². The van der Waals surface area contributed by atoms with Gasteiger partial charge in [-0.3, -0.25) is 9.35 Å². The molecule has 2 unspecified atom stereocenters. The second-order valence-electron chi connectivity index (χ2n) is 4.35. The van der Waals surface area contributed by atoms with Crippen molar-refractivity contribution in [2.45, 2.75) is 38.1 Å². The summed E-state index contributed by atoms with van der Waals surface area (Å²) in [6.07, 6.45) is 1.72. The molecule has 0 aliphatic heterocycles. The number of carboxylic acids is 2. The van der Waals surface area contributed by atoms with E-state index in [0.29, 0.717) is 24.3 Å². The Kier molecular flexibility index (Phi) is 7.34. The molecule has 21 heavy (non-hydrogen) atoms. The van der Waals surface area contributed by atoms with Crippen molar-refractivity contribution < 1.29 is 28.6 Å². The lowest BCUT2D eigenvalue weighted by Crippen LogP contribution is -2.42. The standard InChI is InChI=1S/C12H17NO6S2/c14-11(15)7-3-1-2-5-9(12(16)17)13(21(18)19)10-6-4-8-20-10/h4,6,8-9H,1-3,5,7H2,(H,14,15)(H,16,17)(H,18,19). The van der Waals surface area contributed by atoms with E-state index in [1.165, 1.54) is 11.3 Å². The molecule has 1 heterocycles. The molecule has 0 saturated heterocycles. The normalized spacial score (nSPS) is 13.6. The molecule has 0 radical (unpaired) electrons. The molecule has 0 amide bonds. The molecule has 118 valence electrons. The van der Waals surface area contributed by atoms with Gasteiger partial charge in [-0.05, 0) is 30.4 Å². The Morgan fingerprint density at radius 1 is 1.29 bits per heavy atom. The number of hydrogen-bond donors (Lipinski definition) is 3. The summed E-state index contributed by atoms with van der Waals surface area (Å²) in [5, 5.41) is 19.9. The number of unbranched alkanes of at least 4 members (excludes halogenated alkanes) is 2. The fourth-order valence-corrected chi connectivity index (χ4v) is 3.50. The van der Waals surface area contributed by atoms with Gasteiger partial charge in [0.25, 0.3) is 11.3 Å². The molecular formula is C12H17NO6S2. The first-order valence-corrected chi connectivity index (χ1v) is 8.26. The van der Waals surface area contributed by atoms with Crippen molar-refractivity contribution in [3.8, 4) is 0 Å². The summed E-state index contributed by atoms with van der Waals surface area (Å²) < 4.78 is 21.7.